The second kappa shape index (κ2) is 8.13. The minimum Gasteiger partial charge on any atom is -0.465 e. The van der Waals surface area contributed by atoms with Gasteiger partial charge in [0.2, 0.25) is 0 Å². The van der Waals surface area contributed by atoms with Gasteiger partial charge in [-0.1, -0.05) is 43.6 Å². The Hall–Kier alpha value is -2.33. The van der Waals surface area contributed by atoms with E-state index in [0.29, 0.717) is 28.6 Å². The Morgan fingerprint density at radius 1 is 1.22 bits per heavy atom. The summed E-state index contributed by atoms with van der Waals surface area (Å²) in [5.74, 6) is -0.129. The van der Waals surface area contributed by atoms with Crippen LogP contribution in [0, 0.1) is 5.92 Å². The molecule has 0 N–H and O–H groups in total. The lowest BCUT2D eigenvalue weighted by Crippen LogP contribution is -2.37. The lowest BCUT2D eigenvalue weighted by molar-refractivity contribution is 0.0600. The van der Waals surface area contributed by atoms with Gasteiger partial charge in [-0.15, -0.1) is 0 Å². The first-order chi connectivity index (χ1) is 12.9. The van der Waals surface area contributed by atoms with Gasteiger partial charge in [-0.25, -0.2) is 4.79 Å². The second-order valence-corrected chi connectivity index (χ2v) is 7.70. The second-order valence-electron chi connectivity index (χ2n) is 7.29. The molecule has 1 amide bonds. The van der Waals surface area contributed by atoms with Crippen LogP contribution in [0.25, 0.3) is 0 Å². The molecule has 0 fully saturated rings. The zero-order valence-electron chi connectivity index (χ0n) is 15.9. The molecular formula is C22H24ClNO3. The molecule has 0 aromatic heterocycles. The molecule has 1 aliphatic rings. The number of rotatable bonds is 5. The summed E-state index contributed by atoms with van der Waals surface area (Å²) in [5, 5.41) is 0.456. The van der Waals surface area contributed by atoms with E-state index in [0.717, 1.165) is 18.4 Å². The van der Waals surface area contributed by atoms with E-state index in [1.807, 2.05) is 29.2 Å². The number of methoxy groups -OCH3 is 1. The highest BCUT2D eigenvalue weighted by Crippen LogP contribution is 2.38. The molecular weight excluding hydrogens is 362 g/mol. The van der Waals surface area contributed by atoms with Crippen LogP contribution in [0.5, 0.6) is 0 Å². The number of carbonyl (C=O) groups is 2. The summed E-state index contributed by atoms with van der Waals surface area (Å²) in [4.78, 5) is 27.2. The third-order valence-electron chi connectivity index (χ3n) is 4.92. The number of carbonyl (C=O) groups excluding carboxylic acids is 2. The Bertz CT molecular complexity index is 862. The van der Waals surface area contributed by atoms with Gasteiger partial charge in [0, 0.05) is 6.54 Å². The fraction of sp³-hybridized carbons (Fsp3) is 0.364. The summed E-state index contributed by atoms with van der Waals surface area (Å²) in [6, 6.07) is 12.7. The van der Waals surface area contributed by atoms with Crippen LogP contribution in [0.15, 0.2) is 42.5 Å². The Labute approximate surface area is 165 Å². The molecule has 4 nitrogen and oxygen atoms in total. The summed E-state index contributed by atoms with van der Waals surface area (Å²) >= 11 is 6.28. The first-order valence-electron chi connectivity index (χ1n) is 9.19. The Morgan fingerprint density at radius 2 is 1.96 bits per heavy atom. The molecule has 0 bridgehead atoms. The zero-order chi connectivity index (χ0) is 19.6. The molecule has 1 atom stereocenters. The Balaban J connectivity index is 2.00. The number of nitrogens with zero attached hydrogens (tertiary/aromatic N) is 1. The molecule has 0 saturated carbocycles. The molecule has 3 rings (SSSR count). The monoisotopic (exact) mass is 385 g/mol. The molecule has 0 aliphatic heterocycles. The maximum atomic E-state index is 13.3. The highest BCUT2D eigenvalue weighted by molar-refractivity contribution is 6.33. The smallest absolute Gasteiger partial charge is 0.337 e. The van der Waals surface area contributed by atoms with Crippen molar-refractivity contribution in [3.8, 4) is 0 Å². The van der Waals surface area contributed by atoms with E-state index in [1.54, 1.807) is 18.2 Å². The number of esters is 1. The highest BCUT2D eigenvalue weighted by Gasteiger charge is 2.33. The number of fused-ring (bicyclic) bond motifs is 1. The highest BCUT2D eigenvalue weighted by atomic mass is 35.5. The number of hydrogen-bond donors (Lipinski definition) is 0. The van der Waals surface area contributed by atoms with E-state index < -0.39 is 0 Å². The molecule has 5 heteroatoms. The summed E-state index contributed by atoms with van der Waals surface area (Å²) < 4.78 is 4.85. The fourth-order valence-corrected chi connectivity index (χ4v) is 3.90. The number of hydrogen-bond acceptors (Lipinski definition) is 3. The van der Waals surface area contributed by atoms with Gasteiger partial charge >= 0.3 is 5.97 Å². The molecule has 1 aliphatic carbocycles. The molecule has 27 heavy (non-hydrogen) atoms. The Morgan fingerprint density at radius 3 is 2.63 bits per heavy atom. The lowest BCUT2D eigenvalue weighted by Gasteiger charge is -2.32. The lowest BCUT2D eigenvalue weighted by atomic mass is 10.0. The van der Waals surface area contributed by atoms with Crippen molar-refractivity contribution in [1.82, 2.24) is 4.90 Å². The molecule has 1 unspecified atom stereocenters. The normalized spacial score (nSPS) is 15.5. The zero-order valence-corrected chi connectivity index (χ0v) is 16.6. The fourth-order valence-electron chi connectivity index (χ4n) is 3.68. The van der Waals surface area contributed by atoms with Gasteiger partial charge < -0.3 is 9.64 Å². The topological polar surface area (TPSA) is 46.6 Å². The number of halogens is 1. The van der Waals surface area contributed by atoms with E-state index in [1.165, 1.54) is 12.7 Å². The van der Waals surface area contributed by atoms with Crippen LogP contribution < -0.4 is 0 Å². The van der Waals surface area contributed by atoms with Crippen molar-refractivity contribution >= 4 is 23.5 Å². The summed E-state index contributed by atoms with van der Waals surface area (Å²) in [7, 11) is 1.37. The van der Waals surface area contributed by atoms with Crippen LogP contribution in [-0.4, -0.2) is 30.4 Å². The van der Waals surface area contributed by atoms with Crippen molar-refractivity contribution in [2.45, 2.75) is 32.7 Å². The van der Waals surface area contributed by atoms with E-state index >= 15 is 0 Å². The molecule has 2 aromatic rings. The van der Waals surface area contributed by atoms with Gasteiger partial charge in [0.05, 0.1) is 29.3 Å². The summed E-state index contributed by atoms with van der Waals surface area (Å²) in [6.07, 6.45) is 1.72. The third kappa shape index (κ3) is 4.01. The minimum atomic E-state index is -0.365. The van der Waals surface area contributed by atoms with Gasteiger partial charge in [-0.05, 0) is 54.2 Å². The van der Waals surface area contributed by atoms with Crippen molar-refractivity contribution in [3.05, 3.63) is 69.7 Å². The van der Waals surface area contributed by atoms with Crippen LogP contribution in [0.3, 0.4) is 0 Å². The number of aryl methyl sites for hydroxylation is 1. The molecule has 2 aromatic carbocycles. The predicted octanol–water partition coefficient (Wildman–Crippen LogP) is 4.91. The van der Waals surface area contributed by atoms with Crippen LogP contribution in [0.1, 0.15) is 58.2 Å². The van der Waals surface area contributed by atoms with E-state index in [2.05, 4.69) is 13.8 Å². The predicted molar refractivity (Wildman–Crippen MR) is 106 cm³/mol. The quantitative estimate of drug-likeness (QED) is 0.687. The Kier molecular flexibility index (Phi) is 5.85. The average molecular weight is 386 g/mol. The van der Waals surface area contributed by atoms with Crippen molar-refractivity contribution < 1.29 is 14.3 Å². The SMILES string of the molecule is COC(=O)c1ccc2c(c1)C(N(CC(C)C)C(=O)c1ccccc1Cl)CC2. The van der Waals surface area contributed by atoms with Crippen molar-refractivity contribution in [1.29, 1.82) is 0 Å². The molecule has 0 heterocycles. The minimum absolute atomic E-state index is 0.0734. The van der Waals surface area contributed by atoms with Crippen molar-refractivity contribution in [2.75, 3.05) is 13.7 Å². The van der Waals surface area contributed by atoms with Gasteiger partial charge in [-0.2, -0.15) is 0 Å². The summed E-state index contributed by atoms with van der Waals surface area (Å²) in [6.45, 7) is 4.80. The van der Waals surface area contributed by atoms with Gasteiger partial charge in [0.1, 0.15) is 0 Å². The van der Waals surface area contributed by atoms with E-state index in [9.17, 15) is 9.59 Å². The first-order valence-corrected chi connectivity index (χ1v) is 9.56. The van der Waals surface area contributed by atoms with E-state index in [4.69, 9.17) is 16.3 Å². The molecule has 0 saturated heterocycles. The third-order valence-corrected chi connectivity index (χ3v) is 5.25. The van der Waals surface area contributed by atoms with Crippen LogP contribution >= 0.6 is 11.6 Å². The first kappa shape index (κ1) is 19.4. The number of ether oxygens (including phenoxy) is 1. The maximum Gasteiger partial charge on any atom is 0.337 e. The van der Waals surface area contributed by atoms with E-state index in [-0.39, 0.29) is 17.9 Å². The van der Waals surface area contributed by atoms with Crippen molar-refractivity contribution in [2.24, 2.45) is 5.92 Å². The summed E-state index contributed by atoms with van der Waals surface area (Å²) in [5.41, 5.74) is 3.22. The van der Waals surface area contributed by atoms with Gasteiger partial charge in [-0.3, -0.25) is 4.79 Å². The molecule has 142 valence electrons. The average Bonchev–Trinajstić information content (AvgIpc) is 3.08. The molecule has 0 radical (unpaired) electrons. The maximum absolute atomic E-state index is 13.3. The van der Waals surface area contributed by atoms with Crippen LogP contribution in [0.2, 0.25) is 5.02 Å². The van der Waals surface area contributed by atoms with Crippen molar-refractivity contribution in [3.63, 3.8) is 0 Å². The van der Waals surface area contributed by atoms with Gasteiger partial charge in [0.25, 0.3) is 5.91 Å². The number of amides is 1. The van der Waals surface area contributed by atoms with Crippen LogP contribution in [0.4, 0.5) is 0 Å². The standard InChI is InChI=1S/C22H24ClNO3/c1-14(2)13-24(21(25)17-6-4-5-7-19(17)23)20-11-10-15-8-9-16(12-18(15)20)22(26)27-3/h4-9,12,14,20H,10-11,13H2,1-3H3. The van der Waals surface area contributed by atoms with Gasteiger partial charge in [0.15, 0.2) is 0 Å². The largest absolute Gasteiger partial charge is 0.465 e. The van der Waals surface area contributed by atoms with Crippen LogP contribution in [-0.2, 0) is 11.2 Å². The molecule has 0 spiro atoms. The number of benzene rings is 2.